The summed E-state index contributed by atoms with van der Waals surface area (Å²) in [6.07, 6.45) is 2.56. The predicted molar refractivity (Wildman–Crippen MR) is 79.8 cm³/mol. The van der Waals surface area contributed by atoms with Crippen LogP contribution in [0.15, 0.2) is 40.9 Å². The number of hydrogen-bond donors (Lipinski definition) is 1. The fraction of sp³-hybridized carbons (Fsp3) is 0.250. The third-order valence-corrected chi connectivity index (χ3v) is 4.13. The summed E-state index contributed by atoms with van der Waals surface area (Å²) in [6, 6.07) is 10.6. The maximum atomic E-state index is 13.7. The minimum Gasteiger partial charge on any atom is -0.379 e. The fourth-order valence-electron chi connectivity index (χ4n) is 2.18. The minimum atomic E-state index is -0.474. The predicted octanol–water partition coefficient (Wildman–Crippen LogP) is 5.22. The van der Waals surface area contributed by atoms with E-state index in [0.717, 1.165) is 23.6 Å². The fourth-order valence-corrected chi connectivity index (χ4v) is 2.50. The Morgan fingerprint density at radius 2 is 1.75 bits per heavy atom. The van der Waals surface area contributed by atoms with Crippen molar-refractivity contribution in [2.45, 2.75) is 25.3 Å². The van der Waals surface area contributed by atoms with Crippen molar-refractivity contribution >= 4 is 21.6 Å². The lowest BCUT2D eigenvalue weighted by Crippen LogP contribution is -2.02. The van der Waals surface area contributed by atoms with Crippen LogP contribution in [0.25, 0.3) is 0 Å². The molecule has 1 aliphatic carbocycles. The molecule has 0 bridgehead atoms. The normalized spacial score (nSPS) is 14.3. The number of benzene rings is 2. The number of anilines is 1. The Kier molecular flexibility index (Phi) is 3.74. The van der Waals surface area contributed by atoms with Gasteiger partial charge in [0, 0.05) is 12.6 Å². The average molecular weight is 338 g/mol. The lowest BCUT2D eigenvalue weighted by Gasteiger charge is -2.09. The molecule has 0 heterocycles. The molecule has 1 fully saturated rings. The van der Waals surface area contributed by atoms with Crippen LogP contribution in [0.2, 0.25) is 0 Å². The number of nitrogens with one attached hydrogen (secondary N) is 1. The third-order valence-electron chi connectivity index (χ3n) is 3.52. The lowest BCUT2D eigenvalue weighted by atomic mass is 10.1. The van der Waals surface area contributed by atoms with Gasteiger partial charge in [-0.3, -0.25) is 0 Å². The Bertz CT molecular complexity index is 621. The molecule has 0 aliphatic heterocycles. The monoisotopic (exact) mass is 337 g/mol. The highest BCUT2D eigenvalue weighted by atomic mass is 79.9. The standard InChI is InChI=1S/C16H14BrF2N/c17-13-7-15(19)16(8-14(13)18)20-9-10-1-3-11(4-2-10)12-5-6-12/h1-4,7-8,12,20H,5-6,9H2. The van der Waals surface area contributed by atoms with Gasteiger partial charge >= 0.3 is 0 Å². The van der Waals surface area contributed by atoms with E-state index in [1.807, 2.05) is 12.1 Å². The van der Waals surface area contributed by atoms with Crippen molar-refractivity contribution in [3.63, 3.8) is 0 Å². The van der Waals surface area contributed by atoms with Crippen molar-refractivity contribution in [1.29, 1.82) is 0 Å². The maximum Gasteiger partial charge on any atom is 0.147 e. The number of rotatable bonds is 4. The Hall–Kier alpha value is -1.42. The van der Waals surface area contributed by atoms with Gasteiger partial charge in [0.05, 0.1) is 10.2 Å². The largest absolute Gasteiger partial charge is 0.379 e. The van der Waals surface area contributed by atoms with Crippen LogP contribution in [-0.4, -0.2) is 0 Å². The Labute approximate surface area is 125 Å². The molecule has 1 aliphatic rings. The van der Waals surface area contributed by atoms with E-state index in [1.54, 1.807) is 0 Å². The van der Waals surface area contributed by atoms with Gasteiger partial charge in [-0.05, 0) is 51.9 Å². The summed E-state index contributed by atoms with van der Waals surface area (Å²) >= 11 is 2.96. The van der Waals surface area contributed by atoms with Crippen molar-refractivity contribution < 1.29 is 8.78 Å². The van der Waals surface area contributed by atoms with E-state index in [-0.39, 0.29) is 10.2 Å². The van der Waals surface area contributed by atoms with Crippen LogP contribution in [0.4, 0.5) is 14.5 Å². The SMILES string of the molecule is Fc1cc(NCc2ccc(C3CC3)cc2)c(F)cc1Br. The molecule has 2 aromatic rings. The van der Waals surface area contributed by atoms with Gasteiger partial charge in [0.2, 0.25) is 0 Å². The van der Waals surface area contributed by atoms with Gasteiger partial charge in [-0.1, -0.05) is 24.3 Å². The van der Waals surface area contributed by atoms with Crippen LogP contribution < -0.4 is 5.32 Å². The first-order valence-electron chi connectivity index (χ1n) is 6.61. The molecule has 2 aromatic carbocycles. The molecule has 1 N–H and O–H groups in total. The lowest BCUT2D eigenvalue weighted by molar-refractivity contribution is 0.596. The highest BCUT2D eigenvalue weighted by Crippen LogP contribution is 2.39. The molecule has 3 rings (SSSR count). The number of hydrogen-bond acceptors (Lipinski definition) is 1. The van der Waals surface area contributed by atoms with Gasteiger partial charge in [0.15, 0.2) is 0 Å². The molecule has 0 unspecified atom stereocenters. The second kappa shape index (κ2) is 5.52. The molecule has 1 nitrogen and oxygen atoms in total. The molecule has 0 aromatic heterocycles. The van der Waals surface area contributed by atoms with E-state index >= 15 is 0 Å². The first kappa shape index (κ1) is 13.6. The van der Waals surface area contributed by atoms with Crippen LogP contribution in [-0.2, 0) is 6.54 Å². The van der Waals surface area contributed by atoms with Gasteiger partial charge in [-0.2, -0.15) is 0 Å². The van der Waals surface area contributed by atoms with Crippen molar-refractivity contribution in [2.24, 2.45) is 0 Å². The first-order chi connectivity index (χ1) is 9.63. The number of halogens is 3. The Morgan fingerprint density at radius 3 is 2.40 bits per heavy atom. The quantitative estimate of drug-likeness (QED) is 0.754. The van der Waals surface area contributed by atoms with E-state index in [1.165, 1.54) is 18.4 Å². The molecule has 0 radical (unpaired) electrons. The summed E-state index contributed by atoms with van der Waals surface area (Å²) in [6.45, 7) is 0.475. The van der Waals surface area contributed by atoms with E-state index in [9.17, 15) is 8.78 Å². The molecular weight excluding hydrogens is 324 g/mol. The highest BCUT2D eigenvalue weighted by Gasteiger charge is 2.22. The summed E-state index contributed by atoms with van der Waals surface area (Å²) in [5.74, 6) is -0.208. The van der Waals surface area contributed by atoms with Crippen LogP contribution in [0.1, 0.15) is 29.9 Å². The van der Waals surface area contributed by atoms with Crippen LogP contribution >= 0.6 is 15.9 Å². The minimum absolute atomic E-state index is 0.134. The van der Waals surface area contributed by atoms with Crippen LogP contribution in [0.5, 0.6) is 0 Å². The third kappa shape index (κ3) is 3.01. The van der Waals surface area contributed by atoms with Crippen molar-refractivity contribution in [1.82, 2.24) is 0 Å². The smallest absolute Gasteiger partial charge is 0.147 e. The highest BCUT2D eigenvalue weighted by molar-refractivity contribution is 9.10. The Morgan fingerprint density at radius 1 is 1.05 bits per heavy atom. The molecule has 104 valence electrons. The van der Waals surface area contributed by atoms with Crippen molar-refractivity contribution in [2.75, 3.05) is 5.32 Å². The van der Waals surface area contributed by atoms with Gasteiger partial charge in [0.25, 0.3) is 0 Å². The summed E-state index contributed by atoms with van der Waals surface area (Å²) in [5.41, 5.74) is 2.60. The summed E-state index contributed by atoms with van der Waals surface area (Å²) < 4.78 is 27.2. The van der Waals surface area contributed by atoms with Crippen LogP contribution in [0.3, 0.4) is 0 Å². The zero-order valence-corrected chi connectivity index (χ0v) is 12.4. The van der Waals surface area contributed by atoms with Crippen molar-refractivity contribution in [3.05, 3.63) is 63.6 Å². The summed E-state index contributed by atoms with van der Waals surface area (Å²) in [7, 11) is 0. The average Bonchev–Trinajstić information content (AvgIpc) is 3.26. The van der Waals surface area contributed by atoms with E-state index in [4.69, 9.17) is 0 Å². The zero-order valence-electron chi connectivity index (χ0n) is 10.8. The molecular formula is C16H14BrF2N. The molecule has 0 amide bonds. The molecule has 0 atom stereocenters. The van der Waals surface area contributed by atoms with Gasteiger partial charge in [-0.25, -0.2) is 8.78 Å². The summed E-state index contributed by atoms with van der Waals surface area (Å²) in [4.78, 5) is 0. The second-order valence-electron chi connectivity index (χ2n) is 5.12. The molecule has 0 spiro atoms. The second-order valence-corrected chi connectivity index (χ2v) is 5.97. The summed E-state index contributed by atoms with van der Waals surface area (Å²) in [5, 5.41) is 2.93. The van der Waals surface area contributed by atoms with Crippen LogP contribution in [0, 0.1) is 11.6 Å². The molecule has 0 saturated heterocycles. The van der Waals surface area contributed by atoms with Gasteiger partial charge < -0.3 is 5.32 Å². The molecule has 1 saturated carbocycles. The van der Waals surface area contributed by atoms with E-state index in [0.29, 0.717) is 6.54 Å². The zero-order chi connectivity index (χ0) is 14.1. The van der Waals surface area contributed by atoms with E-state index < -0.39 is 11.6 Å². The van der Waals surface area contributed by atoms with Gasteiger partial charge in [-0.15, -0.1) is 0 Å². The topological polar surface area (TPSA) is 12.0 Å². The van der Waals surface area contributed by atoms with Crippen molar-refractivity contribution in [3.8, 4) is 0 Å². The Balaban J connectivity index is 1.68. The molecule has 20 heavy (non-hydrogen) atoms. The first-order valence-corrected chi connectivity index (χ1v) is 7.40. The molecule has 4 heteroatoms. The van der Waals surface area contributed by atoms with Gasteiger partial charge in [0.1, 0.15) is 11.6 Å². The van der Waals surface area contributed by atoms with E-state index in [2.05, 4.69) is 33.4 Å². The maximum absolute atomic E-state index is 13.7.